The molecule has 1 unspecified atom stereocenters. The number of fused-ring (bicyclic) bond motifs is 1. The highest BCUT2D eigenvalue weighted by molar-refractivity contribution is 5.65. The van der Waals surface area contributed by atoms with Gasteiger partial charge in [0.25, 0.3) is 0 Å². The summed E-state index contributed by atoms with van der Waals surface area (Å²) in [6, 6.07) is 4.86. The van der Waals surface area contributed by atoms with Crippen LogP contribution in [0.3, 0.4) is 0 Å². The Kier molecular flexibility index (Phi) is 3.27. The van der Waals surface area contributed by atoms with Crippen LogP contribution in [0.5, 0.6) is 0 Å². The molecule has 1 aliphatic rings. The zero-order valence-corrected chi connectivity index (χ0v) is 12.5. The molecule has 0 aromatic carbocycles. The van der Waals surface area contributed by atoms with Crippen molar-refractivity contribution in [2.45, 2.75) is 32.0 Å². The van der Waals surface area contributed by atoms with Crippen molar-refractivity contribution < 1.29 is 18.1 Å². The average Bonchev–Trinajstić information content (AvgIpc) is 2.94. The molecule has 0 aliphatic carbocycles. The van der Waals surface area contributed by atoms with E-state index in [1.165, 1.54) is 29.3 Å². The van der Waals surface area contributed by atoms with E-state index in [0.29, 0.717) is 5.65 Å². The van der Waals surface area contributed by atoms with Crippen LogP contribution >= 0.6 is 0 Å². The van der Waals surface area contributed by atoms with Gasteiger partial charge < -0.3 is 15.0 Å². The number of hydrogen-bond acceptors (Lipinski definition) is 4. The molecule has 1 aliphatic heterocycles. The van der Waals surface area contributed by atoms with Crippen LogP contribution in [0.1, 0.15) is 20.3 Å². The molecule has 9 heteroatoms. The Bertz CT molecular complexity index is 769. The number of alkyl halides is 3. The standard InChI is InChI=1S/C14H15F3N4O2/c1-13(2)9(14(15,16)17)6-8-20(13)11-12(21(22)23)19-7-4-3-5-10(19)18-11/h3-5,7,9H,6,8H2,1-2H3. The van der Waals surface area contributed by atoms with Crippen LogP contribution in [-0.4, -0.2) is 32.6 Å². The maximum Gasteiger partial charge on any atom is 0.394 e. The van der Waals surface area contributed by atoms with Crippen LogP contribution in [0.2, 0.25) is 0 Å². The fourth-order valence-electron chi connectivity index (χ4n) is 3.35. The Morgan fingerprint density at radius 3 is 2.65 bits per heavy atom. The molecule has 0 N–H and O–H groups in total. The molecule has 0 spiro atoms. The third-order valence-corrected chi connectivity index (χ3v) is 4.50. The minimum atomic E-state index is -4.35. The number of hydrogen-bond donors (Lipinski definition) is 0. The third-order valence-electron chi connectivity index (χ3n) is 4.50. The molecule has 2 aromatic rings. The summed E-state index contributed by atoms with van der Waals surface area (Å²) in [6.45, 7) is 2.97. The van der Waals surface area contributed by atoms with Gasteiger partial charge in [0.2, 0.25) is 11.5 Å². The molecule has 0 radical (unpaired) electrons. The first-order chi connectivity index (χ1) is 10.6. The second-order valence-electron chi connectivity index (χ2n) is 6.13. The number of imidazole rings is 1. The maximum absolute atomic E-state index is 13.2. The number of halogens is 3. The lowest BCUT2D eigenvalue weighted by atomic mass is 9.88. The van der Waals surface area contributed by atoms with Crippen LogP contribution in [0, 0.1) is 16.0 Å². The van der Waals surface area contributed by atoms with Crippen molar-refractivity contribution in [1.82, 2.24) is 9.38 Å². The summed E-state index contributed by atoms with van der Waals surface area (Å²) in [4.78, 5) is 16.4. The van der Waals surface area contributed by atoms with Gasteiger partial charge >= 0.3 is 12.0 Å². The Morgan fingerprint density at radius 1 is 1.39 bits per heavy atom. The second-order valence-corrected chi connectivity index (χ2v) is 6.13. The van der Waals surface area contributed by atoms with Crippen LogP contribution in [0.4, 0.5) is 24.8 Å². The van der Waals surface area contributed by atoms with Gasteiger partial charge in [-0.15, -0.1) is 0 Å². The predicted octanol–water partition coefficient (Wildman–Crippen LogP) is 3.41. The summed E-state index contributed by atoms with van der Waals surface area (Å²) in [6.07, 6.45) is -2.98. The molecule has 0 bridgehead atoms. The zero-order chi connectivity index (χ0) is 17.0. The van der Waals surface area contributed by atoms with E-state index in [2.05, 4.69) is 4.98 Å². The van der Waals surface area contributed by atoms with Crippen LogP contribution in [-0.2, 0) is 0 Å². The monoisotopic (exact) mass is 328 g/mol. The summed E-state index contributed by atoms with van der Waals surface area (Å²) >= 11 is 0. The summed E-state index contributed by atoms with van der Waals surface area (Å²) in [5.74, 6) is -1.88. The van der Waals surface area contributed by atoms with Gasteiger partial charge in [0.15, 0.2) is 0 Å². The minimum absolute atomic E-state index is 0.0158. The predicted molar refractivity (Wildman–Crippen MR) is 77.4 cm³/mol. The van der Waals surface area contributed by atoms with E-state index in [9.17, 15) is 23.3 Å². The number of nitro groups is 1. The van der Waals surface area contributed by atoms with Crippen molar-refractivity contribution in [2.24, 2.45) is 5.92 Å². The molecular formula is C14H15F3N4O2. The highest BCUT2D eigenvalue weighted by atomic mass is 19.4. The van der Waals surface area contributed by atoms with E-state index in [1.54, 1.807) is 18.2 Å². The van der Waals surface area contributed by atoms with Gasteiger partial charge in [-0.25, -0.2) is 0 Å². The first-order valence-electron chi connectivity index (χ1n) is 7.10. The lowest BCUT2D eigenvalue weighted by Crippen LogP contribution is -2.47. The summed E-state index contributed by atoms with van der Waals surface area (Å²) < 4.78 is 41.0. The molecule has 1 saturated heterocycles. The average molecular weight is 328 g/mol. The Hall–Kier alpha value is -2.32. The Balaban J connectivity index is 2.14. The maximum atomic E-state index is 13.2. The van der Waals surface area contributed by atoms with Crippen molar-refractivity contribution >= 4 is 17.3 Å². The molecule has 1 atom stereocenters. The van der Waals surface area contributed by atoms with E-state index in [1.807, 2.05) is 0 Å². The van der Waals surface area contributed by atoms with Gasteiger partial charge in [-0.2, -0.15) is 22.6 Å². The number of pyridine rings is 1. The summed E-state index contributed by atoms with van der Waals surface area (Å²) in [7, 11) is 0. The highest BCUT2D eigenvalue weighted by Crippen LogP contribution is 2.47. The highest BCUT2D eigenvalue weighted by Gasteiger charge is 2.56. The van der Waals surface area contributed by atoms with E-state index in [0.717, 1.165) is 0 Å². The van der Waals surface area contributed by atoms with Gasteiger partial charge in [0, 0.05) is 18.2 Å². The molecule has 124 valence electrons. The second kappa shape index (κ2) is 4.84. The molecule has 23 heavy (non-hydrogen) atoms. The quantitative estimate of drug-likeness (QED) is 0.626. The lowest BCUT2D eigenvalue weighted by molar-refractivity contribution is -0.389. The molecule has 3 heterocycles. The summed E-state index contributed by atoms with van der Waals surface area (Å²) in [5, 5.41) is 11.4. The Labute approximate surface area is 129 Å². The molecular weight excluding hydrogens is 313 g/mol. The van der Waals surface area contributed by atoms with Crippen molar-refractivity contribution in [1.29, 1.82) is 0 Å². The first-order valence-corrected chi connectivity index (χ1v) is 7.10. The van der Waals surface area contributed by atoms with Crippen LogP contribution in [0.25, 0.3) is 5.65 Å². The number of aromatic nitrogens is 2. The fourth-order valence-corrected chi connectivity index (χ4v) is 3.35. The largest absolute Gasteiger partial charge is 0.394 e. The number of rotatable bonds is 2. The number of anilines is 1. The molecule has 6 nitrogen and oxygen atoms in total. The third kappa shape index (κ3) is 2.30. The van der Waals surface area contributed by atoms with E-state index < -0.39 is 22.6 Å². The topological polar surface area (TPSA) is 63.7 Å². The number of nitrogens with zero attached hydrogens (tertiary/aromatic N) is 4. The van der Waals surface area contributed by atoms with Gasteiger partial charge in [-0.3, -0.25) is 0 Å². The smallest absolute Gasteiger partial charge is 0.358 e. The minimum Gasteiger partial charge on any atom is -0.358 e. The Morgan fingerprint density at radius 2 is 2.09 bits per heavy atom. The van der Waals surface area contributed by atoms with Gasteiger partial charge in [0.05, 0.1) is 12.1 Å². The molecule has 3 rings (SSSR count). The molecule has 0 amide bonds. The zero-order valence-electron chi connectivity index (χ0n) is 12.5. The van der Waals surface area contributed by atoms with Gasteiger partial charge in [0.1, 0.15) is 0 Å². The van der Waals surface area contributed by atoms with E-state index in [-0.39, 0.29) is 24.6 Å². The fraction of sp³-hybridized carbons (Fsp3) is 0.500. The van der Waals surface area contributed by atoms with Gasteiger partial charge in [-0.05, 0) is 31.3 Å². The van der Waals surface area contributed by atoms with E-state index in [4.69, 9.17) is 0 Å². The van der Waals surface area contributed by atoms with Crippen molar-refractivity contribution in [2.75, 3.05) is 11.4 Å². The summed E-state index contributed by atoms with van der Waals surface area (Å²) in [5.41, 5.74) is -0.971. The van der Waals surface area contributed by atoms with Crippen molar-refractivity contribution in [3.05, 3.63) is 34.5 Å². The van der Waals surface area contributed by atoms with Crippen LogP contribution < -0.4 is 4.90 Å². The van der Waals surface area contributed by atoms with Crippen molar-refractivity contribution in [3.63, 3.8) is 0 Å². The normalized spacial score (nSPS) is 21.1. The lowest BCUT2D eigenvalue weighted by Gasteiger charge is -2.36. The first kappa shape index (κ1) is 15.6. The SMILES string of the molecule is CC1(C)C(C(F)(F)F)CCN1c1nc2ccccn2c1[N+](=O)[O-]. The molecule has 2 aromatic heterocycles. The van der Waals surface area contributed by atoms with E-state index >= 15 is 0 Å². The van der Waals surface area contributed by atoms with Crippen LogP contribution in [0.15, 0.2) is 24.4 Å². The molecule has 1 fully saturated rings. The van der Waals surface area contributed by atoms with Crippen molar-refractivity contribution in [3.8, 4) is 0 Å². The molecule has 0 saturated carbocycles. The van der Waals surface area contributed by atoms with Gasteiger partial charge in [-0.1, -0.05) is 6.07 Å².